The van der Waals surface area contributed by atoms with Gasteiger partial charge in [-0.15, -0.1) is 10.2 Å². The Morgan fingerprint density at radius 3 is 2.53 bits per heavy atom. The van der Waals surface area contributed by atoms with Crippen LogP contribution >= 0.6 is 23.2 Å². The molecule has 0 aliphatic heterocycles. The first-order chi connectivity index (χ1) is 7.91. The van der Waals surface area contributed by atoms with Crippen LogP contribution in [-0.2, 0) is 0 Å². The second-order valence-corrected chi connectivity index (χ2v) is 4.45. The molecule has 1 aromatic rings. The van der Waals surface area contributed by atoms with Gasteiger partial charge in [0.1, 0.15) is 0 Å². The number of aromatic nitrogens is 2. The smallest absolute Gasteiger partial charge is 0.255 e. The Labute approximate surface area is 108 Å². The number of hydrogen-bond donors (Lipinski definition) is 3. The molecule has 0 fully saturated rings. The standard InChI is InChI=1S/C9H11Cl2N3O3/c1-9(3-15,4-16)12-8(17)5-2-6(10)13-14-7(5)11/h2,15-16H,3-4H2,1H3,(H,12,17). The number of nitrogens with one attached hydrogen (secondary N) is 1. The number of halogens is 2. The molecule has 1 amide bonds. The van der Waals surface area contributed by atoms with Crippen molar-refractivity contribution in [2.45, 2.75) is 12.5 Å². The Morgan fingerprint density at radius 2 is 2.00 bits per heavy atom. The maximum Gasteiger partial charge on any atom is 0.255 e. The molecule has 8 heteroatoms. The topological polar surface area (TPSA) is 95.3 Å². The van der Waals surface area contributed by atoms with E-state index in [2.05, 4.69) is 15.5 Å². The molecule has 1 heterocycles. The predicted molar refractivity (Wildman–Crippen MR) is 62.1 cm³/mol. The zero-order valence-corrected chi connectivity index (χ0v) is 10.5. The molecule has 0 bridgehead atoms. The van der Waals surface area contributed by atoms with Gasteiger partial charge in [-0.2, -0.15) is 0 Å². The Kier molecular flexibility index (Phi) is 4.64. The van der Waals surface area contributed by atoms with E-state index < -0.39 is 24.7 Å². The number of nitrogens with zero attached hydrogens (tertiary/aromatic N) is 2. The molecule has 0 atom stereocenters. The maximum absolute atomic E-state index is 11.8. The minimum Gasteiger partial charge on any atom is -0.394 e. The van der Waals surface area contributed by atoms with E-state index in [-0.39, 0.29) is 15.9 Å². The lowest BCUT2D eigenvalue weighted by molar-refractivity contribution is 0.0723. The number of amides is 1. The van der Waals surface area contributed by atoms with Crippen molar-refractivity contribution in [3.8, 4) is 0 Å². The second-order valence-electron chi connectivity index (χ2n) is 3.70. The van der Waals surface area contributed by atoms with E-state index in [9.17, 15) is 4.79 Å². The lowest BCUT2D eigenvalue weighted by Gasteiger charge is -2.26. The number of aliphatic hydroxyl groups excluding tert-OH is 2. The summed E-state index contributed by atoms with van der Waals surface area (Å²) in [6.07, 6.45) is 0. The first-order valence-corrected chi connectivity index (χ1v) is 5.40. The lowest BCUT2D eigenvalue weighted by atomic mass is 10.1. The molecule has 0 spiro atoms. The third kappa shape index (κ3) is 3.50. The van der Waals surface area contributed by atoms with Crippen molar-refractivity contribution >= 4 is 29.1 Å². The molecule has 0 unspecified atom stereocenters. The number of carbonyl (C=O) groups is 1. The summed E-state index contributed by atoms with van der Waals surface area (Å²) >= 11 is 11.3. The minimum absolute atomic E-state index is 0.0225. The average Bonchev–Trinajstić information content (AvgIpc) is 2.32. The van der Waals surface area contributed by atoms with Gasteiger partial charge < -0.3 is 15.5 Å². The zero-order chi connectivity index (χ0) is 13.1. The summed E-state index contributed by atoms with van der Waals surface area (Å²) in [7, 11) is 0. The van der Waals surface area contributed by atoms with E-state index in [1.54, 1.807) is 0 Å². The lowest BCUT2D eigenvalue weighted by Crippen LogP contribution is -2.51. The van der Waals surface area contributed by atoms with E-state index in [1.165, 1.54) is 13.0 Å². The van der Waals surface area contributed by atoms with E-state index in [1.807, 2.05) is 0 Å². The third-order valence-electron chi connectivity index (χ3n) is 2.08. The summed E-state index contributed by atoms with van der Waals surface area (Å²) in [5.74, 6) is -0.600. The predicted octanol–water partition coefficient (Wildman–Crippen LogP) is 0.256. The van der Waals surface area contributed by atoms with E-state index in [0.29, 0.717) is 0 Å². The minimum atomic E-state index is -1.14. The summed E-state index contributed by atoms with van der Waals surface area (Å²) in [4.78, 5) is 11.8. The van der Waals surface area contributed by atoms with Crippen LogP contribution < -0.4 is 5.32 Å². The normalized spacial score (nSPS) is 11.4. The van der Waals surface area contributed by atoms with Crippen molar-refractivity contribution in [3.05, 3.63) is 21.9 Å². The van der Waals surface area contributed by atoms with Crippen molar-refractivity contribution in [2.75, 3.05) is 13.2 Å². The summed E-state index contributed by atoms with van der Waals surface area (Å²) in [5, 5.41) is 27.4. The van der Waals surface area contributed by atoms with Crippen molar-refractivity contribution in [3.63, 3.8) is 0 Å². The van der Waals surface area contributed by atoms with Gasteiger partial charge in [0.25, 0.3) is 5.91 Å². The Morgan fingerprint density at radius 1 is 1.41 bits per heavy atom. The molecule has 0 radical (unpaired) electrons. The molecule has 6 nitrogen and oxygen atoms in total. The average molecular weight is 280 g/mol. The Bertz CT molecular complexity index is 424. The summed E-state index contributed by atoms with van der Waals surface area (Å²) < 4.78 is 0. The van der Waals surface area contributed by atoms with Gasteiger partial charge in [0.2, 0.25) is 0 Å². The van der Waals surface area contributed by atoms with Crippen molar-refractivity contribution < 1.29 is 15.0 Å². The molecule has 0 aromatic carbocycles. The first kappa shape index (κ1) is 14.1. The monoisotopic (exact) mass is 279 g/mol. The molecule has 3 N–H and O–H groups in total. The van der Waals surface area contributed by atoms with Crippen molar-refractivity contribution in [1.82, 2.24) is 15.5 Å². The Balaban J connectivity index is 2.94. The molecule has 1 rings (SSSR count). The second kappa shape index (κ2) is 5.59. The molecular formula is C9H11Cl2N3O3. The molecule has 17 heavy (non-hydrogen) atoms. The molecular weight excluding hydrogens is 269 g/mol. The van der Waals surface area contributed by atoms with Crippen molar-refractivity contribution in [1.29, 1.82) is 0 Å². The van der Waals surface area contributed by atoms with Crippen LogP contribution in [0.25, 0.3) is 0 Å². The third-order valence-corrected chi connectivity index (χ3v) is 2.54. The molecule has 94 valence electrons. The van der Waals surface area contributed by atoms with Gasteiger partial charge in [0.05, 0.1) is 24.3 Å². The van der Waals surface area contributed by atoms with Crippen LogP contribution in [0.4, 0.5) is 0 Å². The van der Waals surface area contributed by atoms with E-state index in [0.717, 1.165) is 0 Å². The number of aliphatic hydroxyl groups is 2. The molecule has 1 aromatic heterocycles. The molecule has 0 aliphatic carbocycles. The molecule has 0 aliphatic rings. The SMILES string of the molecule is CC(CO)(CO)NC(=O)c1cc(Cl)nnc1Cl. The van der Waals surface area contributed by atoms with Gasteiger partial charge in [-0.3, -0.25) is 4.79 Å². The highest BCUT2D eigenvalue weighted by Gasteiger charge is 2.26. The summed E-state index contributed by atoms with van der Waals surface area (Å²) in [6, 6.07) is 1.25. The Hall–Kier alpha value is -0.950. The van der Waals surface area contributed by atoms with Crippen LogP contribution in [0.3, 0.4) is 0 Å². The van der Waals surface area contributed by atoms with Crippen LogP contribution in [0.15, 0.2) is 6.07 Å². The first-order valence-electron chi connectivity index (χ1n) is 4.65. The van der Waals surface area contributed by atoms with Crippen LogP contribution in [0.2, 0.25) is 10.3 Å². The number of carbonyl (C=O) groups excluding carboxylic acids is 1. The molecule has 0 saturated carbocycles. The van der Waals surface area contributed by atoms with Crippen molar-refractivity contribution in [2.24, 2.45) is 0 Å². The van der Waals surface area contributed by atoms with Crippen LogP contribution in [0, 0.1) is 0 Å². The fraction of sp³-hybridized carbons (Fsp3) is 0.444. The quantitative estimate of drug-likeness (QED) is 0.735. The van der Waals surface area contributed by atoms with Gasteiger partial charge in [-0.25, -0.2) is 0 Å². The fourth-order valence-electron chi connectivity index (χ4n) is 0.983. The summed E-state index contributed by atoms with van der Waals surface area (Å²) in [6.45, 7) is 0.646. The maximum atomic E-state index is 11.8. The van der Waals surface area contributed by atoms with Gasteiger partial charge in [0.15, 0.2) is 10.3 Å². The number of hydrogen-bond acceptors (Lipinski definition) is 5. The fourth-order valence-corrected chi connectivity index (χ4v) is 1.31. The number of rotatable bonds is 4. The van der Waals surface area contributed by atoms with Gasteiger partial charge in [-0.1, -0.05) is 23.2 Å². The van der Waals surface area contributed by atoms with Gasteiger partial charge >= 0.3 is 0 Å². The van der Waals surface area contributed by atoms with Gasteiger partial charge in [0, 0.05) is 0 Å². The van der Waals surface area contributed by atoms with Crippen LogP contribution in [-0.4, -0.2) is 45.1 Å². The summed E-state index contributed by atoms with van der Waals surface area (Å²) in [5.41, 5.74) is -1.12. The highest BCUT2D eigenvalue weighted by atomic mass is 35.5. The van der Waals surface area contributed by atoms with Crippen LogP contribution in [0.5, 0.6) is 0 Å². The highest BCUT2D eigenvalue weighted by Crippen LogP contribution is 2.16. The largest absolute Gasteiger partial charge is 0.394 e. The molecule has 0 saturated heterocycles. The van der Waals surface area contributed by atoms with Gasteiger partial charge in [-0.05, 0) is 13.0 Å². The highest BCUT2D eigenvalue weighted by molar-refractivity contribution is 6.34. The van der Waals surface area contributed by atoms with E-state index in [4.69, 9.17) is 33.4 Å². The van der Waals surface area contributed by atoms with Crippen LogP contribution in [0.1, 0.15) is 17.3 Å². The van der Waals surface area contributed by atoms with E-state index >= 15 is 0 Å². The zero-order valence-electron chi connectivity index (χ0n) is 8.94.